The number of fused-ring (bicyclic) bond motifs is 1. The molecule has 1 fully saturated rings. The maximum Gasteiger partial charge on any atom is 0.301 e. The van der Waals surface area contributed by atoms with E-state index in [0.717, 1.165) is 10.3 Å². The van der Waals surface area contributed by atoms with Crippen LogP contribution in [-0.4, -0.2) is 33.9 Å². The number of ether oxygens (including phenoxy) is 1. The van der Waals surface area contributed by atoms with Gasteiger partial charge in [-0.25, -0.2) is 9.37 Å². The standard InChI is InChI=1S/C25H18FN3O4S/c1-13-11-17-19(12-18(13)33-2)34-25(28-17)29-21(16-5-3-4-10-27-16)20(23(31)24(29)32)22(30)14-6-8-15(26)9-7-14/h3-12,21,30H,1-2H3/b22-20+. The monoisotopic (exact) mass is 475 g/mol. The van der Waals surface area contributed by atoms with Crippen LogP contribution >= 0.6 is 11.3 Å². The van der Waals surface area contributed by atoms with E-state index in [4.69, 9.17) is 4.74 Å². The van der Waals surface area contributed by atoms with Crippen molar-refractivity contribution in [2.45, 2.75) is 13.0 Å². The molecule has 0 radical (unpaired) electrons. The van der Waals surface area contributed by atoms with Crippen LogP contribution in [0, 0.1) is 12.7 Å². The second-order valence-corrected chi connectivity index (χ2v) is 8.73. The SMILES string of the molecule is COc1cc2sc(N3C(=O)C(=O)/C(=C(/O)c4ccc(F)cc4)C3c3ccccn3)nc2cc1C. The van der Waals surface area contributed by atoms with E-state index < -0.39 is 29.3 Å². The number of benzene rings is 2. The summed E-state index contributed by atoms with van der Waals surface area (Å²) in [6.45, 7) is 1.89. The Morgan fingerprint density at radius 3 is 2.59 bits per heavy atom. The number of carbonyl (C=O) groups is 2. The number of rotatable bonds is 4. The van der Waals surface area contributed by atoms with Gasteiger partial charge in [0.2, 0.25) is 0 Å². The minimum Gasteiger partial charge on any atom is -0.507 e. The average molecular weight is 476 g/mol. The van der Waals surface area contributed by atoms with Crippen molar-refractivity contribution in [1.82, 2.24) is 9.97 Å². The van der Waals surface area contributed by atoms with Crippen LogP contribution in [0.3, 0.4) is 0 Å². The molecule has 0 spiro atoms. The van der Waals surface area contributed by atoms with Gasteiger partial charge in [-0.05, 0) is 61.0 Å². The van der Waals surface area contributed by atoms with Crippen LogP contribution in [0.2, 0.25) is 0 Å². The Morgan fingerprint density at radius 1 is 1.15 bits per heavy atom. The molecule has 1 amide bonds. The zero-order chi connectivity index (χ0) is 24.0. The third-order valence-electron chi connectivity index (χ3n) is 5.63. The number of pyridine rings is 1. The number of aryl methyl sites for hydroxylation is 1. The summed E-state index contributed by atoms with van der Waals surface area (Å²) in [7, 11) is 1.57. The van der Waals surface area contributed by atoms with E-state index >= 15 is 0 Å². The lowest BCUT2D eigenvalue weighted by atomic mass is 9.98. The summed E-state index contributed by atoms with van der Waals surface area (Å²) in [5.74, 6) is -1.91. The van der Waals surface area contributed by atoms with Gasteiger partial charge in [0.15, 0.2) is 5.13 Å². The highest BCUT2D eigenvalue weighted by atomic mass is 32.1. The van der Waals surface area contributed by atoms with E-state index in [0.29, 0.717) is 22.1 Å². The summed E-state index contributed by atoms with van der Waals surface area (Å²) >= 11 is 1.23. The zero-order valence-corrected chi connectivity index (χ0v) is 19.0. The molecule has 0 bridgehead atoms. The number of aliphatic hydroxyl groups is 1. The first-order chi connectivity index (χ1) is 16.4. The maximum atomic E-state index is 13.4. The van der Waals surface area contributed by atoms with Crippen molar-refractivity contribution in [2.24, 2.45) is 0 Å². The fourth-order valence-electron chi connectivity index (χ4n) is 3.98. The number of aliphatic hydroxyl groups excluding tert-OH is 1. The Hall–Kier alpha value is -4.11. The van der Waals surface area contributed by atoms with Gasteiger partial charge in [0, 0.05) is 11.8 Å². The lowest BCUT2D eigenvalue weighted by Gasteiger charge is -2.21. The highest BCUT2D eigenvalue weighted by Crippen LogP contribution is 2.44. The summed E-state index contributed by atoms with van der Waals surface area (Å²) < 4.78 is 19.6. The maximum absolute atomic E-state index is 13.4. The summed E-state index contributed by atoms with van der Waals surface area (Å²) in [4.78, 5) is 36.6. The van der Waals surface area contributed by atoms with Crippen molar-refractivity contribution in [3.8, 4) is 5.75 Å². The topological polar surface area (TPSA) is 92.6 Å². The van der Waals surface area contributed by atoms with Gasteiger partial charge in [-0.1, -0.05) is 17.4 Å². The molecule has 4 aromatic rings. The van der Waals surface area contributed by atoms with E-state index in [-0.39, 0.29) is 11.1 Å². The number of hydrogen-bond donors (Lipinski definition) is 1. The normalized spacial score (nSPS) is 17.5. The molecule has 3 heterocycles. The molecule has 5 rings (SSSR count). The minimum atomic E-state index is -1.00. The predicted octanol–water partition coefficient (Wildman–Crippen LogP) is 4.77. The molecule has 1 unspecified atom stereocenters. The van der Waals surface area contributed by atoms with Crippen LogP contribution < -0.4 is 9.64 Å². The number of nitrogens with zero attached hydrogens (tertiary/aromatic N) is 3. The Labute approximate surface area is 197 Å². The molecular weight excluding hydrogens is 457 g/mol. The van der Waals surface area contributed by atoms with Crippen molar-refractivity contribution >= 4 is 44.1 Å². The van der Waals surface area contributed by atoms with Crippen molar-refractivity contribution in [2.75, 3.05) is 12.0 Å². The molecule has 2 aromatic carbocycles. The van der Waals surface area contributed by atoms with Gasteiger partial charge in [-0.3, -0.25) is 19.5 Å². The smallest absolute Gasteiger partial charge is 0.301 e. The highest BCUT2D eigenvalue weighted by molar-refractivity contribution is 7.22. The fourth-order valence-corrected chi connectivity index (χ4v) is 4.98. The molecule has 1 aliphatic rings. The molecule has 1 saturated heterocycles. The van der Waals surface area contributed by atoms with E-state index in [1.807, 2.05) is 19.1 Å². The molecule has 7 nitrogen and oxygen atoms in total. The lowest BCUT2D eigenvalue weighted by Crippen LogP contribution is -2.29. The molecule has 1 aliphatic heterocycles. The number of thiazole rings is 1. The van der Waals surface area contributed by atoms with Crippen molar-refractivity contribution in [3.05, 3.63) is 89.0 Å². The molecule has 1 N–H and O–H groups in total. The average Bonchev–Trinajstić information content (AvgIpc) is 3.36. The number of anilines is 1. The van der Waals surface area contributed by atoms with Crippen LogP contribution in [0.5, 0.6) is 5.75 Å². The number of amides is 1. The van der Waals surface area contributed by atoms with E-state index in [9.17, 15) is 19.1 Å². The Bertz CT molecular complexity index is 1470. The first-order valence-electron chi connectivity index (χ1n) is 10.3. The highest BCUT2D eigenvalue weighted by Gasteiger charge is 2.48. The lowest BCUT2D eigenvalue weighted by molar-refractivity contribution is -0.132. The number of ketones is 1. The second-order valence-electron chi connectivity index (χ2n) is 7.72. The Morgan fingerprint density at radius 2 is 1.91 bits per heavy atom. The van der Waals surface area contributed by atoms with Crippen molar-refractivity contribution < 1.29 is 23.8 Å². The third-order valence-corrected chi connectivity index (χ3v) is 6.65. The van der Waals surface area contributed by atoms with Crippen LogP contribution in [0.25, 0.3) is 16.0 Å². The van der Waals surface area contributed by atoms with Gasteiger partial charge < -0.3 is 9.84 Å². The number of Topliss-reactive ketones (excluding diaryl/α,β-unsaturated/α-hetero) is 1. The Kier molecular flexibility index (Phi) is 5.33. The summed E-state index contributed by atoms with van der Waals surface area (Å²) in [6.07, 6.45) is 1.54. The molecule has 34 heavy (non-hydrogen) atoms. The summed E-state index contributed by atoms with van der Waals surface area (Å²) in [5, 5.41) is 11.3. The number of carbonyl (C=O) groups excluding carboxylic acids is 2. The number of hydrogen-bond acceptors (Lipinski definition) is 7. The number of methoxy groups -OCH3 is 1. The van der Waals surface area contributed by atoms with E-state index in [1.54, 1.807) is 31.5 Å². The Balaban J connectivity index is 1.71. The predicted molar refractivity (Wildman–Crippen MR) is 126 cm³/mol. The van der Waals surface area contributed by atoms with Gasteiger partial charge in [0.25, 0.3) is 5.78 Å². The van der Waals surface area contributed by atoms with Crippen molar-refractivity contribution in [1.29, 1.82) is 0 Å². The van der Waals surface area contributed by atoms with Crippen LogP contribution in [-0.2, 0) is 9.59 Å². The van der Waals surface area contributed by atoms with E-state index in [2.05, 4.69) is 9.97 Å². The largest absolute Gasteiger partial charge is 0.507 e. The summed E-state index contributed by atoms with van der Waals surface area (Å²) in [6, 6.07) is 12.8. The molecule has 9 heteroatoms. The van der Waals surface area contributed by atoms with E-state index in [1.165, 1.54) is 40.5 Å². The molecular formula is C25H18FN3O4S. The molecule has 2 aromatic heterocycles. The van der Waals surface area contributed by atoms with Crippen LogP contribution in [0.1, 0.15) is 22.9 Å². The first kappa shape index (κ1) is 21.7. The fraction of sp³-hybridized carbons (Fsp3) is 0.120. The number of aromatic nitrogens is 2. The van der Waals surface area contributed by atoms with Gasteiger partial charge in [-0.15, -0.1) is 0 Å². The van der Waals surface area contributed by atoms with Crippen LogP contribution in [0.4, 0.5) is 9.52 Å². The van der Waals surface area contributed by atoms with Gasteiger partial charge >= 0.3 is 5.91 Å². The third kappa shape index (κ3) is 3.50. The van der Waals surface area contributed by atoms with Gasteiger partial charge in [0.05, 0.1) is 28.6 Å². The summed E-state index contributed by atoms with van der Waals surface area (Å²) in [5.41, 5.74) is 2.00. The van der Waals surface area contributed by atoms with Gasteiger partial charge in [0.1, 0.15) is 23.4 Å². The van der Waals surface area contributed by atoms with Crippen LogP contribution in [0.15, 0.2) is 66.4 Å². The molecule has 0 saturated carbocycles. The second kappa shape index (κ2) is 8.35. The molecule has 170 valence electrons. The zero-order valence-electron chi connectivity index (χ0n) is 18.2. The molecule has 1 atom stereocenters. The van der Waals surface area contributed by atoms with Gasteiger partial charge in [-0.2, -0.15) is 0 Å². The first-order valence-corrected chi connectivity index (χ1v) is 11.1. The quantitative estimate of drug-likeness (QED) is 0.260. The van der Waals surface area contributed by atoms with Crippen molar-refractivity contribution in [3.63, 3.8) is 0 Å². The molecule has 0 aliphatic carbocycles. The minimum absolute atomic E-state index is 0.136. The number of halogens is 1.